The summed E-state index contributed by atoms with van der Waals surface area (Å²) >= 11 is 0. The Labute approximate surface area is 119 Å². The highest BCUT2D eigenvalue weighted by Crippen LogP contribution is 2.16. The molecule has 1 aromatic carbocycles. The van der Waals surface area contributed by atoms with Crippen molar-refractivity contribution in [3.63, 3.8) is 0 Å². The van der Waals surface area contributed by atoms with Gasteiger partial charge in [0, 0.05) is 11.4 Å². The molecule has 0 aliphatic rings. The molecule has 0 radical (unpaired) electrons. The fourth-order valence-corrected chi connectivity index (χ4v) is 2.11. The predicted molar refractivity (Wildman–Crippen MR) is 80.4 cm³/mol. The molecule has 0 saturated carbocycles. The highest BCUT2D eigenvalue weighted by atomic mass is 16.1. The van der Waals surface area contributed by atoms with E-state index in [1.807, 2.05) is 51.1 Å². The van der Waals surface area contributed by atoms with Gasteiger partial charge >= 0.3 is 0 Å². The summed E-state index contributed by atoms with van der Waals surface area (Å²) < 4.78 is 0. The van der Waals surface area contributed by atoms with Crippen LogP contribution in [0.2, 0.25) is 0 Å². The molecular weight excluding hydrogens is 250 g/mol. The number of aryl methyl sites for hydroxylation is 2. The second-order valence-corrected chi connectivity index (χ2v) is 4.95. The molecule has 1 heterocycles. The molecule has 0 fully saturated rings. The van der Waals surface area contributed by atoms with E-state index in [1.54, 1.807) is 6.07 Å². The maximum absolute atomic E-state index is 12.3. The van der Waals surface area contributed by atoms with Crippen LogP contribution in [0.5, 0.6) is 0 Å². The van der Waals surface area contributed by atoms with E-state index >= 15 is 0 Å². The summed E-state index contributed by atoms with van der Waals surface area (Å²) in [6.07, 6.45) is 0. The van der Waals surface area contributed by atoms with Crippen LogP contribution in [0.15, 0.2) is 36.4 Å². The lowest BCUT2D eigenvalue weighted by atomic mass is 10.1. The minimum Gasteiger partial charge on any atom is -0.399 e. The van der Waals surface area contributed by atoms with Crippen molar-refractivity contribution in [3.8, 4) is 0 Å². The number of nitrogen functional groups attached to an aromatic ring is 1. The van der Waals surface area contributed by atoms with Gasteiger partial charge in [0.15, 0.2) is 0 Å². The number of hydrogen-bond acceptors (Lipinski definition) is 3. The average molecular weight is 269 g/mol. The third-order valence-corrected chi connectivity index (χ3v) is 3.23. The van der Waals surface area contributed by atoms with Crippen LogP contribution in [-0.4, -0.2) is 10.9 Å². The first-order chi connectivity index (χ1) is 9.47. The Bertz CT molecular complexity index is 637. The van der Waals surface area contributed by atoms with E-state index in [0.29, 0.717) is 11.3 Å². The van der Waals surface area contributed by atoms with Crippen LogP contribution in [0.4, 0.5) is 5.69 Å². The molecule has 2 aromatic rings. The summed E-state index contributed by atoms with van der Waals surface area (Å²) in [5.41, 5.74) is 9.68. The molecule has 104 valence electrons. The van der Waals surface area contributed by atoms with Gasteiger partial charge in [-0.05, 0) is 50.6 Å². The average Bonchev–Trinajstić information content (AvgIpc) is 2.38. The number of carbonyl (C=O) groups is 1. The predicted octanol–water partition coefficient (Wildman–Crippen LogP) is 2.77. The number of anilines is 1. The fraction of sp³-hybridized carbons (Fsp3) is 0.250. The first kappa shape index (κ1) is 14.1. The molecule has 1 aromatic heterocycles. The van der Waals surface area contributed by atoms with E-state index in [9.17, 15) is 4.79 Å². The summed E-state index contributed by atoms with van der Waals surface area (Å²) in [7, 11) is 0. The molecule has 0 spiro atoms. The SMILES string of the molecule is Cc1ccc(C(=O)NC(C)c2cccc(N)c2)c(C)n1. The number of hydrogen-bond donors (Lipinski definition) is 2. The first-order valence-corrected chi connectivity index (χ1v) is 6.58. The van der Waals surface area contributed by atoms with Crippen LogP contribution in [0.25, 0.3) is 0 Å². The van der Waals surface area contributed by atoms with Crippen molar-refractivity contribution in [2.75, 3.05) is 5.73 Å². The van der Waals surface area contributed by atoms with Gasteiger partial charge in [0.05, 0.1) is 17.3 Å². The lowest BCUT2D eigenvalue weighted by molar-refractivity contribution is 0.0939. The van der Waals surface area contributed by atoms with Crippen molar-refractivity contribution in [1.29, 1.82) is 0 Å². The topological polar surface area (TPSA) is 68.0 Å². The van der Waals surface area contributed by atoms with Crippen molar-refractivity contribution < 1.29 is 4.79 Å². The molecule has 1 atom stereocenters. The highest BCUT2D eigenvalue weighted by molar-refractivity contribution is 5.95. The fourth-order valence-electron chi connectivity index (χ4n) is 2.11. The van der Waals surface area contributed by atoms with Crippen molar-refractivity contribution in [3.05, 3.63) is 58.9 Å². The number of nitrogens with zero attached hydrogens (tertiary/aromatic N) is 1. The van der Waals surface area contributed by atoms with Gasteiger partial charge in [0.2, 0.25) is 0 Å². The maximum atomic E-state index is 12.3. The molecule has 20 heavy (non-hydrogen) atoms. The first-order valence-electron chi connectivity index (χ1n) is 6.58. The number of aromatic nitrogens is 1. The van der Waals surface area contributed by atoms with Crippen molar-refractivity contribution >= 4 is 11.6 Å². The van der Waals surface area contributed by atoms with Crippen molar-refractivity contribution in [2.24, 2.45) is 0 Å². The van der Waals surface area contributed by atoms with Crippen molar-refractivity contribution in [1.82, 2.24) is 10.3 Å². The molecule has 1 unspecified atom stereocenters. The van der Waals surface area contributed by atoms with Crippen molar-refractivity contribution in [2.45, 2.75) is 26.8 Å². The molecule has 0 aliphatic heterocycles. The number of carbonyl (C=O) groups excluding carboxylic acids is 1. The number of amides is 1. The van der Waals surface area contributed by atoms with Gasteiger partial charge < -0.3 is 11.1 Å². The lowest BCUT2D eigenvalue weighted by Crippen LogP contribution is -2.27. The number of nitrogens with two attached hydrogens (primary N) is 1. The van der Waals surface area contributed by atoms with Crippen LogP contribution in [0.3, 0.4) is 0 Å². The van der Waals surface area contributed by atoms with Crippen LogP contribution in [0, 0.1) is 13.8 Å². The summed E-state index contributed by atoms with van der Waals surface area (Å²) in [6.45, 7) is 5.68. The normalized spacial score (nSPS) is 11.9. The van der Waals surface area contributed by atoms with Crippen LogP contribution >= 0.6 is 0 Å². The van der Waals surface area contributed by atoms with Gasteiger partial charge in [-0.1, -0.05) is 12.1 Å². The van der Waals surface area contributed by atoms with E-state index in [-0.39, 0.29) is 11.9 Å². The molecule has 1 amide bonds. The summed E-state index contributed by atoms with van der Waals surface area (Å²) in [6, 6.07) is 11.1. The van der Waals surface area contributed by atoms with Gasteiger partial charge in [-0.2, -0.15) is 0 Å². The van der Waals surface area contributed by atoms with Crippen LogP contribution in [0.1, 0.15) is 40.3 Å². The monoisotopic (exact) mass is 269 g/mol. The lowest BCUT2D eigenvalue weighted by Gasteiger charge is -2.15. The summed E-state index contributed by atoms with van der Waals surface area (Å²) in [4.78, 5) is 16.6. The Hall–Kier alpha value is -2.36. The van der Waals surface area contributed by atoms with Gasteiger partial charge in [0.1, 0.15) is 0 Å². The third-order valence-electron chi connectivity index (χ3n) is 3.23. The van der Waals surface area contributed by atoms with E-state index in [1.165, 1.54) is 0 Å². The molecule has 2 rings (SSSR count). The molecule has 3 N–H and O–H groups in total. The summed E-state index contributed by atoms with van der Waals surface area (Å²) in [5.74, 6) is -0.120. The van der Waals surface area contributed by atoms with Gasteiger partial charge in [0.25, 0.3) is 5.91 Å². The Morgan fingerprint density at radius 3 is 2.65 bits per heavy atom. The Kier molecular flexibility index (Phi) is 4.03. The van der Waals surface area contributed by atoms with Gasteiger partial charge in [-0.15, -0.1) is 0 Å². The quantitative estimate of drug-likeness (QED) is 0.842. The molecule has 4 nitrogen and oxygen atoms in total. The second kappa shape index (κ2) is 5.74. The minimum absolute atomic E-state index is 0.105. The zero-order chi connectivity index (χ0) is 14.7. The Morgan fingerprint density at radius 2 is 2.00 bits per heavy atom. The standard InChI is InChI=1S/C16H19N3O/c1-10-7-8-15(12(3)18-10)16(20)19-11(2)13-5-4-6-14(17)9-13/h4-9,11H,17H2,1-3H3,(H,19,20). The van der Waals surface area contributed by atoms with Crippen LogP contribution in [-0.2, 0) is 0 Å². The van der Waals surface area contributed by atoms with Gasteiger partial charge in [-0.25, -0.2) is 0 Å². The second-order valence-electron chi connectivity index (χ2n) is 4.95. The number of benzene rings is 1. The van der Waals surface area contributed by atoms with E-state index < -0.39 is 0 Å². The van der Waals surface area contributed by atoms with E-state index in [0.717, 1.165) is 17.0 Å². The molecule has 0 aliphatic carbocycles. The largest absolute Gasteiger partial charge is 0.399 e. The third kappa shape index (κ3) is 3.15. The summed E-state index contributed by atoms with van der Waals surface area (Å²) in [5, 5.41) is 2.97. The van der Waals surface area contributed by atoms with Gasteiger partial charge in [-0.3, -0.25) is 9.78 Å². The number of nitrogens with one attached hydrogen (secondary N) is 1. The number of pyridine rings is 1. The zero-order valence-electron chi connectivity index (χ0n) is 12.0. The minimum atomic E-state index is -0.120. The molecule has 0 bridgehead atoms. The highest BCUT2D eigenvalue weighted by Gasteiger charge is 2.14. The van der Waals surface area contributed by atoms with Crippen LogP contribution < -0.4 is 11.1 Å². The number of rotatable bonds is 3. The van der Waals surface area contributed by atoms with E-state index in [2.05, 4.69) is 10.3 Å². The maximum Gasteiger partial charge on any atom is 0.253 e. The van der Waals surface area contributed by atoms with E-state index in [4.69, 9.17) is 5.73 Å². The molecule has 0 saturated heterocycles. The smallest absolute Gasteiger partial charge is 0.253 e. The zero-order valence-corrected chi connectivity index (χ0v) is 12.0. The molecular formula is C16H19N3O. The Morgan fingerprint density at radius 1 is 1.25 bits per heavy atom. The Balaban J connectivity index is 2.15. The molecule has 4 heteroatoms.